The third kappa shape index (κ3) is 3.27. The molecule has 1 aromatic heterocycles. The van der Waals surface area contributed by atoms with E-state index in [1.54, 1.807) is 21.6 Å². The van der Waals surface area contributed by atoms with Crippen LogP contribution in [0.15, 0.2) is 53.3 Å². The van der Waals surface area contributed by atoms with Gasteiger partial charge in [-0.25, -0.2) is 9.18 Å². The smallest absolute Gasteiger partial charge is 0.311 e. The molecule has 1 heterocycles. The molecule has 0 saturated carbocycles. The van der Waals surface area contributed by atoms with Crippen LogP contribution in [0.5, 0.6) is 0 Å². The third-order valence-corrected chi connectivity index (χ3v) is 4.42. The first-order chi connectivity index (χ1) is 12.6. The zero-order valence-electron chi connectivity index (χ0n) is 15.0. The van der Waals surface area contributed by atoms with Gasteiger partial charge < -0.3 is 4.90 Å². The topological polar surface area (TPSA) is 47.2 Å². The second kappa shape index (κ2) is 7.56. The Morgan fingerprint density at radius 1 is 1.00 bits per heavy atom. The first-order valence-corrected chi connectivity index (χ1v) is 8.80. The summed E-state index contributed by atoms with van der Waals surface area (Å²) in [5, 5.41) is 0. The molecule has 0 bridgehead atoms. The van der Waals surface area contributed by atoms with Crippen molar-refractivity contribution < 1.29 is 9.18 Å². The van der Waals surface area contributed by atoms with E-state index in [2.05, 4.69) is 0 Å². The van der Waals surface area contributed by atoms with E-state index in [9.17, 15) is 14.0 Å². The first kappa shape index (κ1) is 17.9. The van der Waals surface area contributed by atoms with Crippen molar-refractivity contribution in [1.29, 1.82) is 0 Å². The number of carbonyl (C=O) groups excluding carboxylic acids is 1. The van der Waals surface area contributed by atoms with Gasteiger partial charge in [0.2, 0.25) is 5.91 Å². The average Bonchev–Trinajstić information content (AvgIpc) is 2.90. The highest BCUT2D eigenvalue weighted by Crippen LogP contribution is 2.17. The number of likely N-dealkylation sites (N-methyl/N-ethyl adjacent to an activating group) is 1. The predicted octanol–water partition coefficient (Wildman–Crippen LogP) is 3.41. The molecule has 0 atom stereocenters. The van der Waals surface area contributed by atoms with Crippen LogP contribution in [-0.2, 0) is 17.9 Å². The fraction of sp³-hybridized carbons (Fsp3) is 0.300. The van der Waals surface area contributed by atoms with Crippen molar-refractivity contribution in [2.24, 2.45) is 0 Å². The molecule has 0 fully saturated rings. The molecule has 0 aliphatic heterocycles. The molecular formula is C20H22FN3O2. The maximum atomic E-state index is 13.2. The number of aryl methyl sites for hydroxylation is 1. The van der Waals surface area contributed by atoms with Crippen LogP contribution < -0.4 is 10.6 Å². The summed E-state index contributed by atoms with van der Waals surface area (Å²) in [6, 6.07) is 13.3. The highest BCUT2D eigenvalue weighted by Gasteiger charge is 2.19. The van der Waals surface area contributed by atoms with Crippen LogP contribution in [-0.4, -0.2) is 21.6 Å². The van der Waals surface area contributed by atoms with Crippen LogP contribution in [0.2, 0.25) is 0 Å². The number of rotatable bonds is 6. The largest absolute Gasteiger partial charge is 0.329 e. The van der Waals surface area contributed by atoms with Gasteiger partial charge in [0.25, 0.3) is 0 Å². The normalized spacial score (nSPS) is 11.0. The molecule has 0 saturated heterocycles. The summed E-state index contributed by atoms with van der Waals surface area (Å²) in [7, 11) is 0. The van der Waals surface area contributed by atoms with Gasteiger partial charge in [-0.1, -0.05) is 19.1 Å². The Balaban J connectivity index is 1.97. The van der Waals surface area contributed by atoms with Crippen LogP contribution in [0.3, 0.4) is 0 Å². The lowest BCUT2D eigenvalue weighted by Crippen LogP contribution is -2.36. The molecule has 5 nitrogen and oxygen atoms in total. The van der Waals surface area contributed by atoms with Crippen LogP contribution >= 0.6 is 0 Å². The molecule has 0 spiro atoms. The van der Waals surface area contributed by atoms with Crippen LogP contribution in [0, 0.1) is 5.82 Å². The number of carbonyl (C=O) groups is 1. The number of benzene rings is 2. The zero-order chi connectivity index (χ0) is 18.7. The first-order valence-electron chi connectivity index (χ1n) is 8.80. The fourth-order valence-electron chi connectivity index (χ4n) is 3.21. The molecule has 26 heavy (non-hydrogen) atoms. The Morgan fingerprint density at radius 2 is 1.62 bits per heavy atom. The van der Waals surface area contributed by atoms with Crippen molar-refractivity contribution in [3.8, 4) is 0 Å². The summed E-state index contributed by atoms with van der Waals surface area (Å²) >= 11 is 0. The molecule has 0 N–H and O–H groups in total. The standard InChI is InChI=1S/C20H22FN3O2/c1-3-13-23-17-7-5-6-8-18(17)24(20(23)26)14-19(25)22(4-2)16-11-9-15(21)10-12-16/h5-12H,3-4,13-14H2,1-2H3. The fourth-order valence-corrected chi connectivity index (χ4v) is 3.21. The maximum absolute atomic E-state index is 13.2. The summed E-state index contributed by atoms with van der Waals surface area (Å²) in [4.78, 5) is 27.2. The van der Waals surface area contributed by atoms with Crippen molar-refractivity contribution in [3.05, 3.63) is 64.8 Å². The van der Waals surface area contributed by atoms with E-state index < -0.39 is 0 Å². The Kier molecular flexibility index (Phi) is 5.21. The highest BCUT2D eigenvalue weighted by molar-refractivity contribution is 5.94. The Morgan fingerprint density at radius 3 is 2.19 bits per heavy atom. The van der Waals surface area contributed by atoms with Gasteiger partial charge in [-0.3, -0.25) is 13.9 Å². The maximum Gasteiger partial charge on any atom is 0.329 e. The highest BCUT2D eigenvalue weighted by atomic mass is 19.1. The van der Waals surface area contributed by atoms with Gasteiger partial charge in [0.1, 0.15) is 12.4 Å². The molecule has 0 aliphatic carbocycles. The number of para-hydroxylation sites is 2. The summed E-state index contributed by atoms with van der Waals surface area (Å²) in [6.45, 7) is 4.85. The van der Waals surface area contributed by atoms with E-state index >= 15 is 0 Å². The number of aromatic nitrogens is 2. The van der Waals surface area contributed by atoms with E-state index in [1.165, 1.54) is 16.7 Å². The summed E-state index contributed by atoms with van der Waals surface area (Å²) in [5.41, 5.74) is 2.01. The van der Waals surface area contributed by atoms with Crippen LogP contribution in [0.25, 0.3) is 11.0 Å². The minimum atomic E-state index is -0.351. The molecule has 0 aliphatic rings. The average molecular weight is 355 g/mol. The minimum absolute atomic E-state index is 0.0543. The van der Waals surface area contributed by atoms with Gasteiger partial charge in [-0.15, -0.1) is 0 Å². The summed E-state index contributed by atoms with van der Waals surface area (Å²) in [5.74, 6) is -0.559. The van der Waals surface area contributed by atoms with Crippen LogP contribution in [0.1, 0.15) is 20.3 Å². The molecule has 2 aromatic carbocycles. The van der Waals surface area contributed by atoms with Gasteiger partial charge in [0, 0.05) is 18.8 Å². The van der Waals surface area contributed by atoms with Crippen LogP contribution in [0.4, 0.5) is 10.1 Å². The third-order valence-electron chi connectivity index (χ3n) is 4.42. The molecule has 0 radical (unpaired) electrons. The molecule has 6 heteroatoms. The minimum Gasteiger partial charge on any atom is -0.311 e. The second-order valence-electron chi connectivity index (χ2n) is 6.12. The number of hydrogen-bond donors (Lipinski definition) is 0. The number of fused-ring (bicyclic) bond motifs is 1. The van der Waals surface area contributed by atoms with Gasteiger partial charge >= 0.3 is 5.69 Å². The molecular weight excluding hydrogens is 333 g/mol. The van der Waals surface area contributed by atoms with Crippen molar-refractivity contribution in [2.45, 2.75) is 33.4 Å². The molecule has 1 amide bonds. The Hall–Kier alpha value is -2.89. The van der Waals surface area contributed by atoms with Gasteiger partial charge in [0.15, 0.2) is 0 Å². The number of halogens is 1. The van der Waals surface area contributed by atoms with Gasteiger partial charge in [-0.05, 0) is 49.7 Å². The molecule has 3 rings (SSSR count). The number of anilines is 1. The SMILES string of the molecule is CCCn1c(=O)n(CC(=O)N(CC)c2ccc(F)cc2)c2ccccc21. The van der Waals surface area contributed by atoms with Crippen molar-refractivity contribution in [2.75, 3.05) is 11.4 Å². The predicted molar refractivity (Wildman–Crippen MR) is 101 cm³/mol. The summed E-state index contributed by atoms with van der Waals surface area (Å²) < 4.78 is 16.4. The van der Waals surface area contributed by atoms with E-state index in [4.69, 9.17) is 0 Å². The Labute approximate surface area is 151 Å². The number of hydrogen-bond acceptors (Lipinski definition) is 2. The van der Waals surface area contributed by atoms with Crippen molar-refractivity contribution in [1.82, 2.24) is 9.13 Å². The number of nitrogens with zero attached hydrogens (tertiary/aromatic N) is 3. The van der Waals surface area contributed by atoms with Crippen molar-refractivity contribution >= 4 is 22.6 Å². The molecule has 136 valence electrons. The lowest BCUT2D eigenvalue weighted by Gasteiger charge is -2.21. The van der Waals surface area contributed by atoms with E-state index in [1.807, 2.05) is 38.1 Å². The monoisotopic (exact) mass is 355 g/mol. The van der Waals surface area contributed by atoms with E-state index in [0.29, 0.717) is 18.8 Å². The van der Waals surface area contributed by atoms with Gasteiger partial charge in [-0.2, -0.15) is 0 Å². The van der Waals surface area contributed by atoms with E-state index in [0.717, 1.165) is 17.5 Å². The lowest BCUT2D eigenvalue weighted by atomic mass is 10.2. The van der Waals surface area contributed by atoms with Gasteiger partial charge in [0.05, 0.1) is 11.0 Å². The molecule has 0 unspecified atom stereocenters. The number of amides is 1. The quantitative estimate of drug-likeness (QED) is 0.680. The second-order valence-corrected chi connectivity index (χ2v) is 6.12. The lowest BCUT2D eigenvalue weighted by molar-refractivity contribution is -0.119. The molecule has 3 aromatic rings. The summed E-state index contributed by atoms with van der Waals surface area (Å²) in [6.07, 6.45) is 0.832. The van der Waals surface area contributed by atoms with Crippen molar-refractivity contribution in [3.63, 3.8) is 0 Å². The number of imidazole rings is 1. The van der Waals surface area contributed by atoms with E-state index in [-0.39, 0.29) is 24.0 Å². The Bertz CT molecular complexity index is 973. The zero-order valence-corrected chi connectivity index (χ0v) is 15.0.